The Bertz CT molecular complexity index is 740. The van der Waals surface area contributed by atoms with Crippen molar-refractivity contribution in [2.24, 2.45) is 0 Å². The molecule has 0 bridgehead atoms. The van der Waals surface area contributed by atoms with Crippen LogP contribution >= 0.6 is 23.2 Å². The summed E-state index contributed by atoms with van der Waals surface area (Å²) in [4.78, 5) is 16.3. The summed E-state index contributed by atoms with van der Waals surface area (Å²) < 4.78 is 0. The Labute approximate surface area is 131 Å². The first-order valence-corrected chi connectivity index (χ1v) is 6.65. The van der Waals surface area contributed by atoms with Gasteiger partial charge in [0.1, 0.15) is 11.9 Å². The molecule has 106 valence electrons. The first kappa shape index (κ1) is 15.1. The highest BCUT2D eigenvalue weighted by atomic mass is 35.5. The minimum absolute atomic E-state index is 0.215. The Hall–Kier alpha value is -2.29. The van der Waals surface area contributed by atoms with Gasteiger partial charge in [-0.2, -0.15) is 5.26 Å². The van der Waals surface area contributed by atoms with Crippen LogP contribution in [-0.2, 0) is 0 Å². The minimum atomic E-state index is -0.447. The highest BCUT2D eigenvalue weighted by molar-refractivity contribution is 6.34. The minimum Gasteiger partial charge on any atom is -0.373 e. The van der Waals surface area contributed by atoms with E-state index in [1.165, 1.54) is 24.4 Å². The van der Waals surface area contributed by atoms with Crippen LogP contribution in [0.15, 0.2) is 30.5 Å². The fourth-order valence-electron chi connectivity index (χ4n) is 1.66. The van der Waals surface area contributed by atoms with Crippen LogP contribution in [0.2, 0.25) is 10.0 Å². The second-order valence-electron chi connectivity index (χ2n) is 4.06. The lowest BCUT2D eigenvalue weighted by atomic mass is 10.1. The molecule has 0 atom stereocenters. The Morgan fingerprint density at radius 2 is 2.10 bits per heavy atom. The molecule has 1 aromatic heterocycles. The largest absolute Gasteiger partial charge is 0.373 e. The molecule has 0 aliphatic heterocycles. The fourth-order valence-corrected chi connectivity index (χ4v) is 2.02. The third-order valence-corrected chi connectivity index (χ3v) is 3.24. The fraction of sp³-hybridized carbons (Fsp3) is 0.0714. The molecule has 7 heteroatoms. The van der Waals surface area contributed by atoms with Crippen molar-refractivity contribution in [3.63, 3.8) is 0 Å². The molecule has 0 aliphatic carbocycles. The number of rotatable bonds is 3. The topological polar surface area (TPSA) is 77.8 Å². The highest BCUT2D eigenvalue weighted by Gasteiger charge is 2.14. The number of amides is 1. The third kappa shape index (κ3) is 3.43. The molecule has 0 aliphatic rings. The first-order chi connectivity index (χ1) is 10.0. The van der Waals surface area contributed by atoms with Crippen LogP contribution in [0.5, 0.6) is 0 Å². The number of nitrogens with zero attached hydrogens (tertiary/aromatic N) is 2. The van der Waals surface area contributed by atoms with Gasteiger partial charge in [-0.15, -0.1) is 0 Å². The van der Waals surface area contributed by atoms with E-state index in [4.69, 9.17) is 28.5 Å². The van der Waals surface area contributed by atoms with Crippen LogP contribution < -0.4 is 10.6 Å². The van der Waals surface area contributed by atoms with Crippen LogP contribution in [0, 0.1) is 11.3 Å². The molecule has 0 fully saturated rings. The average molecular weight is 321 g/mol. The number of anilines is 2. The third-order valence-electron chi connectivity index (χ3n) is 2.71. The molecular formula is C14H10Cl2N4O. The van der Waals surface area contributed by atoms with Gasteiger partial charge in [0.25, 0.3) is 5.91 Å². The average Bonchev–Trinajstić information content (AvgIpc) is 2.48. The Balaban J connectivity index is 2.35. The number of carbonyl (C=O) groups is 1. The molecule has 0 radical (unpaired) electrons. The van der Waals surface area contributed by atoms with E-state index in [-0.39, 0.29) is 10.6 Å². The van der Waals surface area contributed by atoms with Gasteiger partial charge in [-0.25, -0.2) is 4.98 Å². The molecule has 1 aromatic carbocycles. The Kier molecular flexibility index (Phi) is 4.63. The molecule has 0 saturated carbocycles. The SMILES string of the molecule is CNc1cc(C(=O)Nc2cc(Cl)ccc2C#N)c(Cl)cn1. The normalized spacial score (nSPS) is 9.81. The summed E-state index contributed by atoms with van der Waals surface area (Å²) in [6.07, 6.45) is 1.38. The van der Waals surface area contributed by atoms with E-state index in [0.717, 1.165) is 0 Å². The van der Waals surface area contributed by atoms with Crippen LogP contribution in [0.25, 0.3) is 0 Å². The molecule has 2 rings (SSSR count). The molecule has 0 saturated heterocycles. The first-order valence-electron chi connectivity index (χ1n) is 5.89. The zero-order valence-corrected chi connectivity index (χ0v) is 12.5. The van der Waals surface area contributed by atoms with E-state index < -0.39 is 5.91 Å². The Morgan fingerprint density at radius 3 is 2.76 bits per heavy atom. The number of carbonyl (C=O) groups excluding carboxylic acids is 1. The van der Waals surface area contributed by atoms with Gasteiger partial charge in [0.05, 0.1) is 21.8 Å². The lowest BCUT2D eigenvalue weighted by Crippen LogP contribution is -2.14. The summed E-state index contributed by atoms with van der Waals surface area (Å²) in [7, 11) is 1.68. The molecule has 21 heavy (non-hydrogen) atoms. The van der Waals surface area contributed by atoms with Gasteiger partial charge >= 0.3 is 0 Å². The summed E-state index contributed by atoms with van der Waals surface area (Å²) in [6, 6.07) is 8.12. The summed E-state index contributed by atoms with van der Waals surface area (Å²) in [5.74, 6) is 0.0637. The number of nitrogens with one attached hydrogen (secondary N) is 2. The van der Waals surface area contributed by atoms with Crippen molar-refractivity contribution in [1.29, 1.82) is 5.26 Å². The lowest BCUT2D eigenvalue weighted by Gasteiger charge is -2.09. The standard InChI is InChI=1S/C14H10Cl2N4O/c1-18-13-5-10(11(16)7-19-13)14(21)20-12-4-9(15)3-2-8(12)6-17/h2-5,7H,1H3,(H,18,19)(H,20,21). The van der Waals surface area contributed by atoms with Crippen LogP contribution in [0.1, 0.15) is 15.9 Å². The van der Waals surface area contributed by atoms with Gasteiger partial charge in [0.2, 0.25) is 0 Å². The number of benzene rings is 1. The van der Waals surface area contributed by atoms with E-state index in [1.807, 2.05) is 6.07 Å². The molecule has 0 spiro atoms. The Morgan fingerprint density at radius 1 is 1.33 bits per heavy atom. The van der Waals surface area contributed by atoms with E-state index in [1.54, 1.807) is 13.1 Å². The van der Waals surface area contributed by atoms with Gasteiger partial charge in [-0.3, -0.25) is 4.79 Å². The lowest BCUT2D eigenvalue weighted by molar-refractivity contribution is 0.102. The second kappa shape index (κ2) is 6.44. The number of nitriles is 1. The van der Waals surface area contributed by atoms with Crippen molar-refractivity contribution < 1.29 is 4.79 Å². The molecule has 1 amide bonds. The van der Waals surface area contributed by atoms with E-state index in [9.17, 15) is 4.79 Å². The molecular weight excluding hydrogens is 311 g/mol. The quantitative estimate of drug-likeness (QED) is 0.906. The molecule has 1 heterocycles. The van der Waals surface area contributed by atoms with Gasteiger partial charge in [0.15, 0.2) is 0 Å². The van der Waals surface area contributed by atoms with Crippen molar-refractivity contribution >= 4 is 40.6 Å². The maximum atomic E-state index is 12.3. The van der Waals surface area contributed by atoms with Crippen LogP contribution in [0.4, 0.5) is 11.5 Å². The van der Waals surface area contributed by atoms with Crippen molar-refractivity contribution in [2.45, 2.75) is 0 Å². The monoisotopic (exact) mass is 320 g/mol. The zero-order chi connectivity index (χ0) is 15.4. The highest BCUT2D eigenvalue weighted by Crippen LogP contribution is 2.23. The van der Waals surface area contributed by atoms with Crippen molar-refractivity contribution in [3.8, 4) is 6.07 Å². The molecule has 5 nitrogen and oxygen atoms in total. The van der Waals surface area contributed by atoms with Crippen molar-refractivity contribution in [1.82, 2.24) is 4.98 Å². The number of pyridine rings is 1. The van der Waals surface area contributed by atoms with Crippen molar-refractivity contribution in [3.05, 3.63) is 51.6 Å². The second-order valence-corrected chi connectivity index (χ2v) is 4.90. The zero-order valence-electron chi connectivity index (χ0n) is 10.9. The predicted molar refractivity (Wildman–Crippen MR) is 82.9 cm³/mol. The number of hydrogen-bond donors (Lipinski definition) is 2. The van der Waals surface area contributed by atoms with Gasteiger partial charge in [-0.05, 0) is 24.3 Å². The summed E-state index contributed by atoms with van der Waals surface area (Å²) in [5.41, 5.74) is 0.889. The van der Waals surface area contributed by atoms with Gasteiger partial charge in [-0.1, -0.05) is 23.2 Å². The number of halogens is 2. The maximum absolute atomic E-state index is 12.3. The van der Waals surface area contributed by atoms with Crippen LogP contribution in [0.3, 0.4) is 0 Å². The van der Waals surface area contributed by atoms with Gasteiger partial charge in [0, 0.05) is 18.3 Å². The summed E-state index contributed by atoms with van der Waals surface area (Å²) in [6.45, 7) is 0. The van der Waals surface area contributed by atoms with Crippen LogP contribution in [-0.4, -0.2) is 17.9 Å². The van der Waals surface area contributed by atoms with E-state index in [0.29, 0.717) is 22.1 Å². The summed E-state index contributed by atoms with van der Waals surface area (Å²) >= 11 is 11.9. The maximum Gasteiger partial charge on any atom is 0.257 e. The molecule has 0 unspecified atom stereocenters. The van der Waals surface area contributed by atoms with E-state index >= 15 is 0 Å². The molecule has 2 N–H and O–H groups in total. The smallest absolute Gasteiger partial charge is 0.257 e. The van der Waals surface area contributed by atoms with E-state index in [2.05, 4.69) is 15.6 Å². The molecule has 2 aromatic rings. The number of aromatic nitrogens is 1. The summed E-state index contributed by atoms with van der Waals surface area (Å²) in [5, 5.41) is 15.1. The van der Waals surface area contributed by atoms with Crippen molar-refractivity contribution in [2.75, 3.05) is 17.7 Å². The predicted octanol–water partition coefficient (Wildman–Crippen LogP) is 3.55. The van der Waals surface area contributed by atoms with Gasteiger partial charge < -0.3 is 10.6 Å². The number of hydrogen-bond acceptors (Lipinski definition) is 4.